The summed E-state index contributed by atoms with van der Waals surface area (Å²) in [5.41, 5.74) is 0. The van der Waals surface area contributed by atoms with Gasteiger partial charge in [0.15, 0.2) is 0 Å². The van der Waals surface area contributed by atoms with Gasteiger partial charge in [0.05, 0.1) is 0 Å². The molecule has 1 heteroatoms. The van der Waals surface area contributed by atoms with Crippen LogP contribution in [0, 0.1) is 0 Å². The number of unbranched alkanes of at least 4 members (excludes halogenated alkanes) is 3. The third-order valence-corrected chi connectivity index (χ3v) is 1.50. The van der Waals surface area contributed by atoms with Crippen LogP contribution in [0.2, 0.25) is 0 Å². The van der Waals surface area contributed by atoms with E-state index in [2.05, 4.69) is 41.5 Å². The normalized spacial score (nSPS) is 6.92. The Morgan fingerprint density at radius 2 is 0.462 bits per heavy atom. The molecule has 0 saturated carbocycles. The van der Waals surface area contributed by atoms with E-state index in [-0.39, 0.29) is 23.9 Å². The molecule has 0 saturated heterocycles. The fourth-order valence-corrected chi connectivity index (χ4v) is 0. The molecule has 82 valence electrons. The minimum absolute atomic E-state index is 0. The second kappa shape index (κ2) is 38.5. The first-order chi connectivity index (χ1) is 5.74. The van der Waals surface area contributed by atoms with Crippen LogP contribution in [0.1, 0.15) is 80.1 Å². The third kappa shape index (κ3) is 103. The van der Waals surface area contributed by atoms with Crippen LogP contribution >= 0.6 is 0 Å². The van der Waals surface area contributed by atoms with E-state index in [4.69, 9.17) is 0 Å². The molecule has 0 atom stereocenters. The number of hydrogen-bond donors (Lipinski definition) is 0. The Kier molecular flexibility index (Phi) is 69.8. The summed E-state index contributed by atoms with van der Waals surface area (Å²) in [6.07, 6.45) is 7.92. The van der Waals surface area contributed by atoms with Crippen molar-refractivity contribution in [3.8, 4) is 0 Å². The van der Waals surface area contributed by atoms with Crippen molar-refractivity contribution in [3.63, 3.8) is 0 Å². The summed E-state index contributed by atoms with van der Waals surface area (Å²) < 4.78 is 0. The molecule has 0 aromatic carbocycles. The number of rotatable bonds is 3. The maximum absolute atomic E-state index is 2.18. The molecule has 0 spiro atoms. The van der Waals surface area contributed by atoms with Crippen LogP contribution < -0.4 is 0 Å². The Labute approximate surface area is 104 Å². The monoisotopic (exact) mass is 294 g/mol. The fraction of sp³-hybridized carbons (Fsp3) is 1.00. The summed E-state index contributed by atoms with van der Waals surface area (Å²) in [6, 6.07) is 0. The van der Waals surface area contributed by atoms with Gasteiger partial charge in [-0.05, 0) is 0 Å². The molecule has 0 unspecified atom stereocenters. The molecule has 0 aliphatic carbocycles. The van der Waals surface area contributed by atoms with Crippen LogP contribution in [-0.2, 0) is 0 Å². The molecular formula is C12H30Sn. The average Bonchev–Trinajstić information content (AvgIpc) is 2.18. The molecule has 0 fully saturated rings. The second-order valence-electron chi connectivity index (χ2n) is 3.00. The summed E-state index contributed by atoms with van der Waals surface area (Å²) in [4.78, 5) is 0. The van der Waals surface area contributed by atoms with Crippen LogP contribution in [0.5, 0.6) is 0 Å². The van der Waals surface area contributed by atoms with E-state index in [1.165, 1.54) is 38.5 Å². The van der Waals surface area contributed by atoms with Crippen LogP contribution in [-0.4, -0.2) is 23.9 Å². The van der Waals surface area contributed by atoms with E-state index in [1.54, 1.807) is 0 Å². The van der Waals surface area contributed by atoms with Gasteiger partial charge in [0, 0.05) is 23.9 Å². The molecular weight excluding hydrogens is 263 g/mol. The van der Waals surface area contributed by atoms with Gasteiger partial charge in [-0.15, -0.1) is 0 Å². The molecule has 0 aliphatic rings. The van der Waals surface area contributed by atoms with Gasteiger partial charge < -0.3 is 0 Å². The van der Waals surface area contributed by atoms with Gasteiger partial charge in [0.1, 0.15) is 0 Å². The van der Waals surface area contributed by atoms with E-state index < -0.39 is 0 Å². The predicted molar refractivity (Wildman–Crippen MR) is 67.5 cm³/mol. The van der Waals surface area contributed by atoms with Gasteiger partial charge in [-0.25, -0.2) is 0 Å². The Morgan fingerprint density at radius 3 is 0.462 bits per heavy atom. The van der Waals surface area contributed by atoms with Gasteiger partial charge in [-0.1, -0.05) is 80.1 Å². The van der Waals surface area contributed by atoms with E-state index in [0.29, 0.717) is 0 Å². The summed E-state index contributed by atoms with van der Waals surface area (Å²) in [5.74, 6) is 0. The van der Waals surface area contributed by atoms with Crippen LogP contribution in [0.25, 0.3) is 0 Å². The van der Waals surface area contributed by atoms with E-state index in [0.717, 1.165) is 0 Å². The first kappa shape index (κ1) is 23.5. The Hall–Kier alpha value is 0.799. The third-order valence-electron chi connectivity index (χ3n) is 1.50. The minimum atomic E-state index is 0. The molecule has 0 nitrogen and oxygen atoms in total. The van der Waals surface area contributed by atoms with Crippen molar-refractivity contribution in [3.05, 3.63) is 0 Å². The summed E-state index contributed by atoms with van der Waals surface area (Å²) in [6.45, 7) is 13.1. The molecule has 0 heterocycles. The Morgan fingerprint density at radius 1 is 0.385 bits per heavy atom. The van der Waals surface area contributed by atoms with E-state index in [9.17, 15) is 0 Å². The topological polar surface area (TPSA) is 0 Å². The molecule has 13 heavy (non-hydrogen) atoms. The van der Waals surface area contributed by atoms with Crippen molar-refractivity contribution < 1.29 is 0 Å². The van der Waals surface area contributed by atoms with Crippen LogP contribution in [0.15, 0.2) is 0 Å². The van der Waals surface area contributed by atoms with E-state index >= 15 is 0 Å². The van der Waals surface area contributed by atoms with Crippen molar-refractivity contribution in [1.82, 2.24) is 0 Å². The molecule has 4 radical (unpaired) electrons. The average molecular weight is 293 g/mol. The maximum Gasteiger partial charge on any atom is 0 e. The molecule has 0 aromatic heterocycles. The van der Waals surface area contributed by atoms with Crippen molar-refractivity contribution in [2.75, 3.05) is 0 Å². The van der Waals surface area contributed by atoms with Crippen molar-refractivity contribution in [2.24, 2.45) is 0 Å². The minimum Gasteiger partial charge on any atom is -0.0654 e. The zero-order valence-corrected chi connectivity index (χ0v) is 13.6. The van der Waals surface area contributed by atoms with Gasteiger partial charge in [-0.3, -0.25) is 0 Å². The van der Waals surface area contributed by atoms with Gasteiger partial charge in [0.25, 0.3) is 0 Å². The van der Waals surface area contributed by atoms with Gasteiger partial charge in [0.2, 0.25) is 0 Å². The zero-order chi connectivity index (χ0) is 10.2. The SMILES string of the molecule is CCCC.CCCC.CCCC.[Sn]. The van der Waals surface area contributed by atoms with Crippen molar-refractivity contribution in [1.29, 1.82) is 0 Å². The van der Waals surface area contributed by atoms with Gasteiger partial charge in [-0.2, -0.15) is 0 Å². The maximum atomic E-state index is 2.18. The Balaban J connectivity index is -0.0000000450. The van der Waals surface area contributed by atoms with Gasteiger partial charge >= 0.3 is 0 Å². The largest absolute Gasteiger partial charge is 0.0654 e. The summed E-state index contributed by atoms with van der Waals surface area (Å²) >= 11 is 0. The predicted octanol–water partition coefficient (Wildman–Crippen LogP) is 5.04. The standard InChI is InChI=1S/3C4H10.Sn/c3*1-3-4-2;/h3*3-4H2,1-2H3;. The van der Waals surface area contributed by atoms with Crippen molar-refractivity contribution >= 4 is 23.9 Å². The first-order valence-electron chi connectivity index (χ1n) is 5.74. The Bertz CT molecular complexity index is 20.6. The molecule has 0 bridgehead atoms. The number of hydrogen-bond acceptors (Lipinski definition) is 0. The summed E-state index contributed by atoms with van der Waals surface area (Å²) in [5, 5.41) is 0. The van der Waals surface area contributed by atoms with Crippen LogP contribution in [0.3, 0.4) is 0 Å². The molecule has 0 aromatic rings. The smallest absolute Gasteiger partial charge is 0 e. The quantitative estimate of drug-likeness (QED) is 0.640. The molecule has 0 N–H and O–H groups in total. The second-order valence-corrected chi connectivity index (χ2v) is 3.00. The molecule has 0 amide bonds. The zero-order valence-electron chi connectivity index (χ0n) is 10.7. The molecule has 0 aliphatic heterocycles. The summed E-state index contributed by atoms with van der Waals surface area (Å²) in [7, 11) is 0. The van der Waals surface area contributed by atoms with Crippen LogP contribution in [0.4, 0.5) is 0 Å². The first-order valence-corrected chi connectivity index (χ1v) is 5.74. The fourth-order valence-electron chi connectivity index (χ4n) is 0. The van der Waals surface area contributed by atoms with Crippen molar-refractivity contribution in [2.45, 2.75) is 80.1 Å². The van der Waals surface area contributed by atoms with E-state index in [1.807, 2.05) is 0 Å². The molecule has 0 rings (SSSR count).